The monoisotopic (exact) mass is 480 g/mol. The molecule has 1 aliphatic heterocycles. The summed E-state index contributed by atoms with van der Waals surface area (Å²) in [6, 6.07) is 9.19. The minimum Gasteiger partial charge on any atom is -0.384 e. The van der Waals surface area contributed by atoms with Crippen LogP contribution in [0.25, 0.3) is 0 Å². The average Bonchev–Trinajstić information content (AvgIpc) is 3.05. The number of carbonyl (C=O) groups excluding carboxylic acids is 2. The molecule has 0 unspecified atom stereocenters. The zero-order valence-corrected chi connectivity index (χ0v) is 20.7. The van der Waals surface area contributed by atoms with Crippen LogP contribution in [0.1, 0.15) is 73.1 Å². The average molecular weight is 481 g/mol. The highest BCUT2D eigenvalue weighted by molar-refractivity contribution is 8.17. The Balaban J connectivity index is 1.58. The number of rotatable bonds is 7. The topological polar surface area (TPSA) is 84.4 Å². The molecule has 1 fully saturated rings. The number of ether oxygens (including phenoxy) is 1. The van der Waals surface area contributed by atoms with E-state index >= 15 is 0 Å². The predicted octanol–water partition coefficient (Wildman–Crippen LogP) is 5.12. The maximum absolute atomic E-state index is 13.1. The Morgan fingerprint density at radius 3 is 2.71 bits per heavy atom. The van der Waals surface area contributed by atoms with Gasteiger partial charge in [-0.1, -0.05) is 49.6 Å². The van der Waals surface area contributed by atoms with Gasteiger partial charge in [0.05, 0.1) is 19.7 Å². The Morgan fingerprint density at radius 1 is 1.21 bits per heavy atom. The first kappa shape index (κ1) is 24.4. The number of allylic oxidation sites excluding steroid dienone is 1. The molecule has 2 aliphatic rings. The standard InChI is InChI=1S/C26H32N4O3S/c1-18(22(13-14-33-2)34-26(32)20-11-7-4-8-12-20)30-17-21-15-27-24(19-9-5-3-6-10-19)29-25(21)28-16-23(30)31/h4,7-8,11-12,15,19H,3,5-6,9-10,13-14,16-17H2,1-2H3,(H,27,28,29)/b22-18-. The first-order chi connectivity index (χ1) is 16.6. The van der Waals surface area contributed by atoms with E-state index in [9.17, 15) is 9.59 Å². The highest BCUT2D eigenvalue weighted by atomic mass is 32.2. The van der Waals surface area contributed by atoms with Gasteiger partial charge >= 0.3 is 0 Å². The number of methoxy groups -OCH3 is 1. The van der Waals surface area contributed by atoms with Crippen LogP contribution in [0, 0.1) is 0 Å². The van der Waals surface area contributed by atoms with Crippen molar-refractivity contribution < 1.29 is 14.3 Å². The summed E-state index contributed by atoms with van der Waals surface area (Å²) in [6.07, 6.45) is 8.38. The number of hydrogen-bond acceptors (Lipinski definition) is 7. The van der Waals surface area contributed by atoms with E-state index in [2.05, 4.69) is 10.3 Å². The van der Waals surface area contributed by atoms with Crippen molar-refractivity contribution in [2.75, 3.05) is 25.6 Å². The van der Waals surface area contributed by atoms with Gasteiger partial charge in [0.2, 0.25) is 11.0 Å². The van der Waals surface area contributed by atoms with Crippen LogP contribution in [0.2, 0.25) is 0 Å². The number of aromatic nitrogens is 2. The molecule has 8 heteroatoms. The summed E-state index contributed by atoms with van der Waals surface area (Å²) in [6.45, 7) is 2.89. The number of benzene rings is 1. The molecule has 0 radical (unpaired) electrons. The molecule has 1 aromatic carbocycles. The molecule has 0 spiro atoms. The van der Waals surface area contributed by atoms with Crippen LogP contribution in [0.3, 0.4) is 0 Å². The fraction of sp³-hybridized carbons (Fsp3) is 0.462. The van der Waals surface area contributed by atoms with Crippen molar-refractivity contribution >= 4 is 28.6 Å². The summed E-state index contributed by atoms with van der Waals surface area (Å²) in [5, 5.41) is 3.18. The van der Waals surface area contributed by atoms with Crippen LogP contribution < -0.4 is 5.32 Å². The largest absolute Gasteiger partial charge is 0.384 e. The van der Waals surface area contributed by atoms with Crippen molar-refractivity contribution in [2.45, 2.75) is 57.9 Å². The SMILES string of the molecule is COCC/C(SC(=O)c1ccccc1)=C(\C)N1Cc2cnc(C3CCCCC3)nc2NCC1=O. The van der Waals surface area contributed by atoms with Crippen molar-refractivity contribution in [1.29, 1.82) is 0 Å². The number of thioether (sulfide) groups is 1. The van der Waals surface area contributed by atoms with Crippen LogP contribution in [-0.2, 0) is 16.1 Å². The lowest BCUT2D eigenvalue weighted by Crippen LogP contribution is -2.32. The summed E-state index contributed by atoms with van der Waals surface area (Å²) in [5.41, 5.74) is 2.28. The zero-order chi connectivity index (χ0) is 23.9. The van der Waals surface area contributed by atoms with E-state index in [-0.39, 0.29) is 17.6 Å². The van der Waals surface area contributed by atoms with E-state index in [0.717, 1.165) is 40.6 Å². The van der Waals surface area contributed by atoms with Crippen molar-refractivity contribution in [3.8, 4) is 0 Å². The van der Waals surface area contributed by atoms with E-state index in [1.807, 2.05) is 31.3 Å². The quantitative estimate of drug-likeness (QED) is 0.589. The van der Waals surface area contributed by atoms with Gasteiger partial charge in [0.15, 0.2) is 0 Å². The first-order valence-corrected chi connectivity index (χ1v) is 12.7. The Bertz CT molecular complexity index is 1050. The second-order valence-electron chi connectivity index (χ2n) is 8.78. The molecule has 0 bridgehead atoms. The summed E-state index contributed by atoms with van der Waals surface area (Å²) >= 11 is 1.17. The molecule has 2 heterocycles. The molecule has 1 amide bonds. The third kappa shape index (κ3) is 5.85. The third-order valence-electron chi connectivity index (χ3n) is 6.46. The molecule has 1 aliphatic carbocycles. The van der Waals surface area contributed by atoms with E-state index in [1.165, 1.54) is 31.0 Å². The third-order valence-corrected chi connectivity index (χ3v) is 7.62. The van der Waals surface area contributed by atoms with Crippen LogP contribution in [0.5, 0.6) is 0 Å². The molecule has 1 N–H and O–H groups in total. The van der Waals surface area contributed by atoms with Crippen LogP contribution in [0.4, 0.5) is 5.82 Å². The van der Waals surface area contributed by atoms with Gasteiger partial charge in [0.1, 0.15) is 11.6 Å². The number of amides is 1. The highest BCUT2D eigenvalue weighted by Gasteiger charge is 2.27. The lowest BCUT2D eigenvalue weighted by Gasteiger charge is -2.24. The molecule has 1 saturated carbocycles. The zero-order valence-electron chi connectivity index (χ0n) is 19.9. The molecule has 0 atom stereocenters. The number of anilines is 1. The fourth-order valence-electron chi connectivity index (χ4n) is 4.46. The number of nitrogens with zero attached hydrogens (tertiary/aromatic N) is 3. The van der Waals surface area contributed by atoms with Crippen molar-refractivity contribution in [2.24, 2.45) is 0 Å². The normalized spacial score (nSPS) is 17.5. The Kier molecular flexibility index (Phi) is 8.34. The molecule has 7 nitrogen and oxygen atoms in total. The van der Waals surface area contributed by atoms with Gasteiger partial charge < -0.3 is 15.0 Å². The van der Waals surface area contributed by atoms with Crippen molar-refractivity contribution in [3.05, 3.63) is 64.1 Å². The van der Waals surface area contributed by atoms with Crippen LogP contribution in [-0.4, -0.2) is 46.2 Å². The summed E-state index contributed by atoms with van der Waals surface area (Å²) < 4.78 is 5.28. The predicted molar refractivity (Wildman–Crippen MR) is 134 cm³/mol. The minimum atomic E-state index is -0.0580. The van der Waals surface area contributed by atoms with Gasteiger partial charge in [-0.25, -0.2) is 9.97 Å². The van der Waals surface area contributed by atoms with Gasteiger partial charge in [0, 0.05) is 47.4 Å². The summed E-state index contributed by atoms with van der Waals surface area (Å²) in [7, 11) is 1.63. The summed E-state index contributed by atoms with van der Waals surface area (Å²) in [4.78, 5) is 38.0. The van der Waals surface area contributed by atoms with Gasteiger partial charge in [-0.15, -0.1) is 0 Å². The first-order valence-electron chi connectivity index (χ1n) is 11.9. The van der Waals surface area contributed by atoms with Crippen molar-refractivity contribution in [3.63, 3.8) is 0 Å². The lowest BCUT2D eigenvalue weighted by molar-refractivity contribution is -0.127. The molecule has 2 aromatic rings. The van der Waals surface area contributed by atoms with Gasteiger partial charge in [-0.05, 0) is 31.5 Å². The fourth-order valence-corrected chi connectivity index (χ4v) is 5.38. The number of nitrogens with one attached hydrogen (secondary N) is 1. The molecular formula is C26H32N4O3S. The summed E-state index contributed by atoms with van der Waals surface area (Å²) in [5.74, 6) is 1.96. The van der Waals surface area contributed by atoms with E-state index in [0.29, 0.717) is 31.1 Å². The van der Waals surface area contributed by atoms with Gasteiger partial charge in [0.25, 0.3) is 0 Å². The molecule has 180 valence electrons. The maximum Gasteiger partial charge on any atom is 0.246 e. The van der Waals surface area contributed by atoms with Gasteiger partial charge in [-0.3, -0.25) is 9.59 Å². The van der Waals surface area contributed by atoms with E-state index in [4.69, 9.17) is 9.72 Å². The second-order valence-corrected chi connectivity index (χ2v) is 9.85. The number of hydrogen-bond donors (Lipinski definition) is 1. The van der Waals surface area contributed by atoms with Crippen LogP contribution in [0.15, 0.2) is 47.1 Å². The van der Waals surface area contributed by atoms with Crippen LogP contribution >= 0.6 is 11.8 Å². The van der Waals surface area contributed by atoms with E-state index < -0.39 is 0 Å². The lowest BCUT2D eigenvalue weighted by atomic mass is 9.88. The van der Waals surface area contributed by atoms with E-state index in [1.54, 1.807) is 24.1 Å². The molecule has 1 aromatic heterocycles. The van der Waals surface area contributed by atoms with Gasteiger partial charge in [-0.2, -0.15) is 0 Å². The molecule has 0 saturated heterocycles. The maximum atomic E-state index is 13.1. The Labute approximate surface area is 205 Å². The smallest absolute Gasteiger partial charge is 0.246 e. The Hall–Kier alpha value is -2.71. The molecule has 34 heavy (non-hydrogen) atoms. The minimum absolute atomic E-state index is 0.0488. The molecule has 4 rings (SSSR count). The van der Waals surface area contributed by atoms with Crippen molar-refractivity contribution in [1.82, 2.24) is 14.9 Å². The molecular weight excluding hydrogens is 448 g/mol. The Morgan fingerprint density at radius 2 is 1.97 bits per heavy atom. The second kappa shape index (κ2) is 11.6. The number of carbonyl (C=O) groups is 2. The highest BCUT2D eigenvalue weighted by Crippen LogP contribution is 2.33. The number of fused-ring (bicyclic) bond motifs is 1.